The van der Waals surface area contributed by atoms with Crippen molar-refractivity contribution in [2.24, 2.45) is 0 Å². The van der Waals surface area contributed by atoms with E-state index in [4.69, 9.17) is 21.7 Å². The summed E-state index contributed by atoms with van der Waals surface area (Å²) < 4.78 is 10.7. The largest absolute Gasteiger partial charge is 0.493 e. The number of rotatable bonds is 5. The van der Waals surface area contributed by atoms with Crippen LogP contribution in [0.1, 0.15) is 5.56 Å². The lowest BCUT2D eigenvalue weighted by Gasteiger charge is -2.10. The smallest absolute Gasteiger partial charge is 0.273 e. The molecule has 0 aromatic heterocycles. The number of carbonyl (C=O) groups is 1. The molecular formula is C14H14N2O3S. The Kier molecular flexibility index (Phi) is 4.37. The van der Waals surface area contributed by atoms with Crippen LogP contribution in [0.4, 0.5) is 0 Å². The van der Waals surface area contributed by atoms with Crippen LogP contribution in [0, 0.1) is 0 Å². The second kappa shape index (κ2) is 6.21. The van der Waals surface area contributed by atoms with E-state index < -0.39 is 0 Å². The van der Waals surface area contributed by atoms with Crippen LogP contribution in [-0.2, 0) is 4.79 Å². The monoisotopic (exact) mass is 290 g/mol. The van der Waals surface area contributed by atoms with Crippen molar-refractivity contribution in [1.82, 2.24) is 10.6 Å². The molecule has 1 saturated heterocycles. The molecular weight excluding hydrogens is 276 g/mol. The zero-order valence-corrected chi connectivity index (χ0v) is 11.8. The summed E-state index contributed by atoms with van der Waals surface area (Å²) in [7, 11) is 1.56. The minimum Gasteiger partial charge on any atom is -0.493 e. The molecule has 1 aromatic carbocycles. The highest BCUT2D eigenvalue weighted by Crippen LogP contribution is 2.29. The molecule has 0 bridgehead atoms. The van der Waals surface area contributed by atoms with Crippen LogP contribution in [-0.4, -0.2) is 24.7 Å². The molecule has 1 amide bonds. The molecule has 1 fully saturated rings. The number of ether oxygens (including phenoxy) is 2. The van der Waals surface area contributed by atoms with Gasteiger partial charge in [0.05, 0.1) is 7.11 Å². The van der Waals surface area contributed by atoms with E-state index in [0.29, 0.717) is 28.9 Å². The van der Waals surface area contributed by atoms with Crippen molar-refractivity contribution in [2.45, 2.75) is 0 Å². The van der Waals surface area contributed by atoms with Crippen LogP contribution in [0.25, 0.3) is 6.08 Å². The van der Waals surface area contributed by atoms with Gasteiger partial charge < -0.3 is 14.8 Å². The molecule has 20 heavy (non-hydrogen) atoms. The Morgan fingerprint density at radius 3 is 2.75 bits per heavy atom. The van der Waals surface area contributed by atoms with Gasteiger partial charge in [-0.25, -0.2) is 0 Å². The van der Waals surface area contributed by atoms with Crippen molar-refractivity contribution in [3.63, 3.8) is 0 Å². The van der Waals surface area contributed by atoms with Crippen LogP contribution in [0.3, 0.4) is 0 Å². The second-order valence-electron chi connectivity index (χ2n) is 3.98. The van der Waals surface area contributed by atoms with E-state index >= 15 is 0 Å². The van der Waals surface area contributed by atoms with Crippen LogP contribution >= 0.6 is 12.2 Å². The highest BCUT2D eigenvalue weighted by molar-refractivity contribution is 7.80. The lowest BCUT2D eigenvalue weighted by Crippen LogP contribution is -2.21. The Morgan fingerprint density at radius 2 is 2.15 bits per heavy atom. The van der Waals surface area contributed by atoms with Crippen molar-refractivity contribution >= 4 is 29.3 Å². The molecule has 2 N–H and O–H groups in total. The fourth-order valence-electron chi connectivity index (χ4n) is 1.69. The standard InChI is InChI=1S/C14H14N2O3S/c1-3-6-19-11-5-4-9(8-12(11)18-2)7-10-13(17)16-14(20)15-10/h3-5,7-8H,1,6H2,2H3,(H2,15,16,17,20)/b10-7+. The van der Waals surface area contributed by atoms with Crippen LogP contribution < -0.4 is 20.1 Å². The first-order valence-electron chi connectivity index (χ1n) is 5.90. The number of nitrogens with one attached hydrogen (secondary N) is 2. The molecule has 0 saturated carbocycles. The predicted octanol–water partition coefficient (Wildman–Crippen LogP) is 1.61. The molecule has 104 valence electrons. The maximum absolute atomic E-state index is 11.6. The molecule has 1 aliphatic rings. The number of carbonyl (C=O) groups excluding carboxylic acids is 1. The minimum atomic E-state index is -0.249. The summed E-state index contributed by atoms with van der Waals surface area (Å²) in [6.07, 6.45) is 3.34. The molecule has 6 heteroatoms. The lowest BCUT2D eigenvalue weighted by molar-refractivity contribution is -0.115. The van der Waals surface area contributed by atoms with Gasteiger partial charge in [-0.15, -0.1) is 0 Å². The first kappa shape index (κ1) is 14.1. The third-order valence-corrected chi connectivity index (χ3v) is 2.78. The molecule has 0 spiro atoms. The number of hydrogen-bond acceptors (Lipinski definition) is 4. The molecule has 5 nitrogen and oxygen atoms in total. The zero-order chi connectivity index (χ0) is 14.5. The first-order valence-corrected chi connectivity index (χ1v) is 6.30. The van der Waals surface area contributed by atoms with Gasteiger partial charge in [0.25, 0.3) is 5.91 Å². The van der Waals surface area contributed by atoms with E-state index in [0.717, 1.165) is 5.56 Å². The van der Waals surface area contributed by atoms with E-state index in [-0.39, 0.29) is 5.91 Å². The summed E-state index contributed by atoms with van der Waals surface area (Å²) >= 11 is 4.87. The summed E-state index contributed by atoms with van der Waals surface area (Å²) in [6, 6.07) is 5.38. The molecule has 1 heterocycles. The van der Waals surface area contributed by atoms with E-state index in [1.165, 1.54) is 0 Å². The zero-order valence-electron chi connectivity index (χ0n) is 10.9. The summed E-state index contributed by atoms with van der Waals surface area (Å²) in [5.41, 5.74) is 1.20. The van der Waals surface area contributed by atoms with Crippen LogP contribution in [0.15, 0.2) is 36.6 Å². The number of benzene rings is 1. The Labute approximate surface area is 122 Å². The molecule has 0 radical (unpaired) electrons. The fraction of sp³-hybridized carbons (Fsp3) is 0.143. The summed E-state index contributed by atoms with van der Waals surface area (Å²) in [5, 5.41) is 5.59. The summed E-state index contributed by atoms with van der Waals surface area (Å²) in [5.74, 6) is 0.956. The van der Waals surface area contributed by atoms with Gasteiger partial charge in [-0.2, -0.15) is 0 Å². The molecule has 2 rings (SSSR count). The van der Waals surface area contributed by atoms with Crippen molar-refractivity contribution in [3.8, 4) is 11.5 Å². The number of hydrogen-bond donors (Lipinski definition) is 2. The van der Waals surface area contributed by atoms with Gasteiger partial charge in [-0.05, 0) is 36.0 Å². The van der Waals surface area contributed by atoms with Crippen molar-refractivity contribution in [3.05, 3.63) is 42.1 Å². The highest BCUT2D eigenvalue weighted by atomic mass is 32.1. The molecule has 1 aliphatic heterocycles. The Hall–Kier alpha value is -2.34. The van der Waals surface area contributed by atoms with Gasteiger partial charge in [-0.1, -0.05) is 18.7 Å². The Morgan fingerprint density at radius 1 is 1.35 bits per heavy atom. The van der Waals surface area contributed by atoms with Crippen molar-refractivity contribution in [1.29, 1.82) is 0 Å². The van der Waals surface area contributed by atoms with Gasteiger partial charge >= 0.3 is 0 Å². The van der Waals surface area contributed by atoms with E-state index in [1.54, 1.807) is 31.4 Å². The quantitative estimate of drug-likeness (QED) is 0.490. The summed E-state index contributed by atoms with van der Waals surface area (Å²) in [4.78, 5) is 11.6. The molecule has 0 atom stereocenters. The Balaban J connectivity index is 2.25. The molecule has 0 unspecified atom stereocenters. The SMILES string of the molecule is C=CCOc1ccc(/C=C2/NC(=S)NC2=O)cc1OC. The third-order valence-electron chi connectivity index (χ3n) is 2.58. The normalized spacial score (nSPS) is 15.8. The van der Waals surface area contributed by atoms with Gasteiger partial charge in [0.15, 0.2) is 16.6 Å². The first-order chi connectivity index (χ1) is 9.63. The van der Waals surface area contributed by atoms with Gasteiger partial charge in [0.1, 0.15) is 12.3 Å². The van der Waals surface area contributed by atoms with Crippen LogP contribution in [0.5, 0.6) is 11.5 Å². The molecule has 1 aromatic rings. The minimum absolute atomic E-state index is 0.249. The average molecular weight is 290 g/mol. The predicted molar refractivity (Wildman–Crippen MR) is 80.5 cm³/mol. The number of thiocarbonyl (C=S) groups is 1. The number of methoxy groups -OCH3 is 1. The highest BCUT2D eigenvalue weighted by Gasteiger charge is 2.20. The maximum Gasteiger partial charge on any atom is 0.273 e. The van der Waals surface area contributed by atoms with E-state index in [9.17, 15) is 4.79 Å². The van der Waals surface area contributed by atoms with Crippen LogP contribution in [0.2, 0.25) is 0 Å². The average Bonchev–Trinajstić information content (AvgIpc) is 2.75. The van der Waals surface area contributed by atoms with E-state index in [1.807, 2.05) is 6.07 Å². The number of amides is 1. The van der Waals surface area contributed by atoms with Gasteiger partial charge in [0, 0.05) is 0 Å². The topological polar surface area (TPSA) is 59.6 Å². The van der Waals surface area contributed by atoms with Gasteiger partial charge in [-0.3, -0.25) is 10.1 Å². The van der Waals surface area contributed by atoms with Crippen molar-refractivity contribution < 1.29 is 14.3 Å². The molecule has 0 aliphatic carbocycles. The fourth-order valence-corrected chi connectivity index (χ4v) is 1.89. The Bertz CT molecular complexity index is 596. The second-order valence-corrected chi connectivity index (χ2v) is 4.38. The van der Waals surface area contributed by atoms with Crippen molar-refractivity contribution in [2.75, 3.05) is 13.7 Å². The summed E-state index contributed by atoms with van der Waals surface area (Å²) in [6.45, 7) is 3.99. The maximum atomic E-state index is 11.6. The third kappa shape index (κ3) is 3.16. The van der Waals surface area contributed by atoms with E-state index in [2.05, 4.69) is 17.2 Å². The van der Waals surface area contributed by atoms with Gasteiger partial charge in [0.2, 0.25) is 0 Å². The lowest BCUT2D eigenvalue weighted by atomic mass is 10.1.